The summed E-state index contributed by atoms with van der Waals surface area (Å²) in [6.45, 7) is 5.52. The van der Waals surface area contributed by atoms with Gasteiger partial charge in [-0.25, -0.2) is 4.39 Å². The summed E-state index contributed by atoms with van der Waals surface area (Å²) in [5.74, 6) is -0.508. The number of para-hydroxylation sites is 1. The van der Waals surface area contributed by atoms with E-state index in [1.807, 2.05) is 23.1 Å². The second-order valence-corrected chi connectivity index (χ2v) is 7.17. The van der Waals surface area contributed by atoms with Gasteiger partial charge in [0.15, 0.2) is 5.78 Å². The van der Waals surface area contributed by atoms with Crippen molar-refractivity contribution in [3.63, 3.8) is 0 Å². The van der Waals surface area contributed by atoms with Crippen molar-refractivity contribution in [2.45, 2.75) is 38.8 Å². The van der Waals surface area contributed by atoms with Crippen molar-refractivity contribution in [2.75, 3.05) is 18.0 Å². The van der Waals surface area contributed by atoms with E-state index in [4.69, 9.17) is 0 Å². The van der Waals surface area contributed by atoms with Gasteiger partial charge in [-0.15, -0.1) is 0 Å². The molecule has 2 atom stereocenters. The fourth-order valence-electron chi connectivity index (χ4n) is 3.79. The number of anilines is 1. The summed E-state index contributed by atoms with van der Waals surface area (Å²) in [7, 11) is 0. The van der Waals surface area contributed by atoms with E-state index in [-0.39, 0.29) is 42.4 Å². The summed E-state index contributed by atoms with van der Waals surface area (Å²) in [4.78, 5) is 29.0. The van der Waals surface area contributed by atoms with E-state index in [1.165, 1.54) is 24.3 Å². The predicted octanol–water partition coefficient (Wildman–Crippen LogP) is 3.91. The normalized spacial score (nSPS) is 19.8. The number of benzene rings is 2. The lowest BCUT2D eigenvalue weighted by atomic mass is 10.0. The Morgan fingerprint density at radius 1 is 0.926 bits per heavy atom. The lowest BCUT2D eigenvalue weighted by Crippen LogP contribution is -2.58. The van der Waals surface area contributed by atoms with Crippen LogP contribution in [0, 0.1) is 5.82 Å². The Hall–Kier alpha value is -2.69. The Morgan fingerprint density at radius 3 is 2.11 bits per heavy atom. The van der Waals surface area contributed by atoms with E-state index >= 15 is 0 Å². The monoisotopic (exact) mass is 368 g/mol. The molecule has 0 aromatic heterocycles. The number of piperazine rings is 1. The molecule has 1 aliphatic rings. The van der Waals surface area contributed by atoms with Crippen LogP contribution in [-0.4, -0.2) is 41.8 Å². The van der Waals surface area contributed by atoms with E-state index < -0.39 is 0 Å². The number of carbonyl (C=O) groups is 2. The third-order valence-corrected chi connectivity index (χ3v) is 5.06. The zero-order valence-corrected chi connectivity index (χ0v) is 15.8. The van der Waals surface area contributed by atoms with Gasteiger partial charge in [0.2, 0.25) is 5.91 Å². The summed E-state index contributed by atoms with van der Waals surface area (Å²) in [5, 5.41) is 0. The molecule has 0 aliphatic carbocycles. The van der Waals surface area contributed by atoms with Crippen molar-refractivity contribution in [2.24, 2.45) is 0 Å². The molecular weight excluding hydrogens is 343 g/mol. The second-order valence-electron chi connectivity index (χ2n) is 7.17. The number of hydrogen-bond acceptors (Lipinski definition) is 3. The number of amides is 1. The summed E-state index contributed by atoms with van der Waals surface area (Å²) < 4.78 is 13.0. The molecule has 27 heavy (non-hydrogen) atoms. The fraction of sp³-hybridized carbons (Fsp3) is 0.364. The number of carbonyl (C=O) groups excluding carboxylic acids is 2. The molecular formula is C22H25FN2O2. The first-order valence-electron chi connectivity index (χ1n) is 9.35. The molecule has 0 N–H and O–H groups in total. The average molecular weight is 368 g/mol. The topological polar surface area (TPSA) is 40.6 Å². The Kier molecular flexibility index (Phi) is 5.89. The van der Waals surface area contributed by atoms with Gasteiger partial charge in [0.25, 0.3) is 0 Å². The first-order valence-corrected chi connectivity index (χ1v) is 9.35. The smallest absolute Gasteiger partial charge is 0.223 e. The van der Waals surface area contributed by atoms with Crippen LogP contribution in [0.1, 0.15) is 37.0 Å². The van der Waals surface area contributed by atoms with Gasteiger partial charge in [-0.2, -0.15) is 0 Å². The molecule has 1 fully saturated rings. The van der Waals surface area contributed by atoms with Gasteiger partial charge in [0, 0.05) is 49.3 Å². The summed E-state index contributed by atoms with van der Waals surface area (Å²) in [6, 6.07) is 16.1. The first-order chi connectivity index (χ1) is 13.0. The van der Waals surface area contributed by atoms with Gasteiger partial charge in [0.1, 0.15) is 5.82 Å². The van der Waals surface area contributed by atoms with Crippen molar-refractivity contribution < 1.29 is 14.0 Å². The van der Waals surface area contributed by atoms with Crippen molar-refractivity contribution in [3.05, 3.63) is 66.0 Å². The highest BCUT2D eigenvalue weighted by Gasteiger charge is 2.31. The highest BCUT2D eigenvalue weighted by molar-refractivity contribution is 5.97. The molecule has 1 saturated heterocycles. The molecule has 4 nitrogen and oxygen atoms in total. The quantitative estimate of drug-likeness (QED) is 0.751. The predicted molar refractivity (Wildman–Crippen MR) is 104 cm³/mol. The number of ketones is 1. The number of halogens is 1. The zero-order valence-electron chi connectivity index (χ0n) is 15.8. The second kappa shape index (κ2) is 8.33. The summed E-state index contributed by atoms with van der Waals surface area (Å²) >= 11 is 0. The maximum atomic E-state index is 13.0. The lowest BCUT2D eigenvalue weighted by Gasteiger charge is -2.46. The standard InChI is InChI=1S/C22H25FN2O2/c1-16-14-24(15-17(2)25(16)20-6-4-3-5-7-20)22(27)13-12-21(26)18-8-10-19(23)11-9-18/h3-11,16-17H,12-15H2,1-2H3. The van der Waals surface area contributed by atoms with Crippen LogP contribution in [0.25, 0.3) is 0 Å². The zero-order chi connectivity index (χ0) is 19.4. The SMILES string of the molecule is CC1CN(C(=O)CCC(=O)c2ccc(F)cc2)CC(C)N1c1ccccc1. The minimum absolute atomic E-state index is 0.00290. The molecule has 2 aromatic rings. The Morgan fingerprint density at radius 2 is 1.52 bits per heavy atom. The van der Waals surface area contributed by atoms with Gasteiger partial charge in [-0.05, 0) is 50.2 Å². The van der Waals surface area contributed by atoms with Gasteiger partial charge < -0.3 is 9.80 Å². The van der Waals surface area contributed by atoms with Gasteiger partial charge in [-0.3, -0.25) is 9.59 Å². The molecule has 1 amide bonds. The molecule has 3 rings (SSSR count). The molecule has 1 heterocycles. The molecule has 2 unspecified atom stereocenters. The summed E-state index contributed by atoms with van der Waals surface area (Å²) in [5.41, 5.74) is 1.61. The Labute approximate surface area is 159 Å². The molecule has 0 saturated carbocycles. The van der Waals surface area contributed by atoms with Crippen LogP contribution >= 0.6 is 0 Å². The van der Waals surface area contributed by atoms with E-state index in [9.17, 15) is 14.0 Å². The van der Waals surface area contributed by atoms with Crippen LogP contribution in [0.3, 0.4) is 0 Å². The van der Waals surface area contributed by atoms with Gasteiger partial charge >= 0.3 is 0 Å². The maximum absolute atomic E-state index is 13.0. The molecule has 0 spiro atoms. The molecule has 1 aliphatic heterocycles. The molecule has 5 heteroatoms. The van der Waals surface area contributed by atoms with Gasteiger partial charge in [0.05, 0.1) is 0 Å². The first kappa shape index (κ1) is 19.1. The molecule has 0 radical (unpaired) electrons. The van der Waals surface area contributed by atoms with Crippen LogP contribution in [0.4, 0.5) is 10.1 Å². The van der Waals surface area contributed by atoms with E-state index in [0.29, 0.717) is 18.7 Å². The van der Waals surface area contributed by atoms with Crippen LogP contribution in [-0.2, 0) is 4.79 Å². The molecule has 142 valence electrons. The fourth-order valence-corrected chi connectivity index (χ4v) is 3.79. The van der Waals surface area contributed by atoms with Crippen molar-refractivity contribution in [1.82, 2.24) is 4.90 Å². The minimum Gasteiger partial charge on any atom is -0.363 e. The Balaban J connectivity index is 1.57. The summed E-state index contributed by atoms with van der Waals surface area (Å²) in [6.07, 6.45) is 0.327. The number of rotatable bonds is 5. The Bertz CT molecular complexity index is 780. The van der Waals surface area contributed by atoms with Crippen molar-refractivity contribution >= 4 is 17.4 Å². The minimum atomic E-state index is -0.373. The average Bonchev–Trinajstić information content (AvgIpc) is 2.66. The lowest BCUT2D eigenvalue weighted by molar-refractivity contribution is -0.132. The third kappa shape index (κ3) is 4.54. The van der Waals surface area contributed by atoms with E-state index in [0.717, 1.165) is 5.69 Å². The van der Waals surface area contributed by atoms with Gasteiger partial charge in [-0.1, -0.05) is 18.2 Å². The molecule has 2 aromatic carbocycles. The van der Waals surface area contributed by atoms with Crippen molar-refractivity contribution in [1.29, 1.82) is 0 Å². The van der Waals surface area contributed by atoms with E-state index in [1.54, 1.807) is 0 Å². The molecule has 0 bridgehead atoms. The largest absolute Gasteiger partial charge is 0.363 e. The van der Waals surface area contributed by atoms with Crippen LogP contribution in [0.5, 0.6) is 0 Å². The number of nitrogens with zero attached hydrogens (tertiary/aromatic N) is 2. The maximum Gasteiger partial charge on any atom is 0.223 e. The van der Waals surface area contributed by atoms with Crippen LogP contribution in [0.15, 0.2) is 54.6 Å². The highest BCUT2D eigenvalue weighted by atomic mass is 19.1. The van der Waals surface area contributed by atoms with Crippen LogP contribution < -0.4 is 4.90 Å². The van der Waals surface area contributed by atoms with E-state index in [2.05, 4.69) is 30.9 Å². The van der Waals surface area contributed by atoms with Crippen molar-refractivity contribution in [3.8, 4) is 0 Å². The number of Topliss-reactive ketones (excluding diaryl/α,β-unsaturated/α-hetero) is 1. The highest BCUT2D eigenvalue weighted by Crippen LogP contribution is 2.24. The van der Waals surface area contributed by atoms with Crippen LogP contribution in [0.2, 0.25) is 0 Å². The number of hydrogen-bond donors (Lipinski definition) is 0. The third-order valence-electron chi connectivity index (χ3n) is 5.06.